The molecule has 0 unspecified atom stereocenters. The second-order valence-corrected chi connectivity index (χ2v) is 25.3. The van der Waals surface area contributed by atoms with Crippen LogP contribution in [0, 0.1) is 37.5 Å². The Hall–Kier alpha value is -7.87. The van der Waals surface area contributed by atoms with Crippen molar-refractivity contribution >= 4 is 297 Å². The van der Waals surface area contributed by atoms with Crippen LogP contribution in [0.15, 0.2) is 0 Å². The third-order valence-corrected chi connectivity index (χ3v) is 25.4. The zero-order valence-electron chi connectivity index (χ0n) is 34.3. The highest BCUT2D eigenvalue weighted by atomic mass is 16.1. The summed E-state index contributed by atoms with van der Waals surface area (Å²) in [5.74, 6) is 1.14. The Morgan fingerprint density at radius 2 is 0.353 bits per heavy atom. The number of hydrogen-bond donors (Lipinski definition) is 0. The number of benzene rings is 18. The van der Waals surface area contributed by atoms with Gasteiger partial charge in [0.2, 0.25) is 0 Å². The van der Waals surface area contributed by atoms with Gasteiger partial charge in [-0.15, -0.1) is 0 Å². The summed E-state index contributed by atoms with van der Waals surface area (Å²) in [7, 11) is 0. The number of carbonyl (C=O) groups excluding carboxylic acids is 1. The average Bonchev–Trinajstić information content (AvgIpc) is 4.27. The minimum absolute atomic E-state index is 0.175. The molecule has 2 saturated carbocycles. The van der Waals surface area contributed by atoms with Gasteiger partial charge in [0, 0.05) is 22.7 Å². The highest BCUT2D eigenvalue weighted by molar-refractivity contribution is 6.82. The van der Waals surface area contributed by atoms with E-state index >= 15 is 4.79 Å². The van der Waals surface area contributed by atoms with Gasteiger partial charge >= 0.3 is 0 Å². The van der Waals surface area contributed by atoms with Crippen molar-refractivity contribution in [1.82, 2.24) is 0 Å². The Morgan fingerprint density at radius 1 is 0.221 bits per heavy atom. The van der Waals surface area contributed by atoms with Gasteiger partial charge in [-0.1, -0.05) is 0 Å². The maximum atomic E-state index is 16.6. The summed E-state index contributed by atoms with van der Waals surface area (Å²) in [6.07, 6.45) is 8.58. The molecule has 0 aromatic heterocycles. The molecule has 0 amide bonds. The predicted octanol–water partition coefficient (Wildman–Crippen LogP) is 16.9. The monoisotopic (exact) mass is 825 g/mol. The average molecular weight is 826 g/mol. The molecule has 0 bridgehead atoms. The smallest absolute Gasteiger partial charge is 0.146 e. The van der Waals surface area contributed by atoms with E-state index in [1.54, 1.807) is 313 Å². The van der Waals surface area contributed by atoms with Crippen LogP contribution >= 0.6 is 0 Å². The van der Waals surface area contributed by atoms with Gasteiger partial charge in [0.25, 0.3) is 0 Å². The van der Waals surface area contributed by atoms with Crippen LogP contribution < -0.4 is 0 Å². The van der Waals surface area contributed by atoms with E-state index in [0.29, 0.717) is 5.78 Å². The van der Waals surface area contributed by atoms with Crippen molar-refractivity contribution in [3.8, 4) is 0 Å². The van der Waals surface area contributed by atoms with Crippen molar-refractivity contribution < 1.29 is 4.79 Å². The lowest BCUT2D eigenvalue weighted by Gasteiger charge is -2.32. The largest absolute Gasteiger partial charge is 0.299 e. The summed E-state index contributed by atoms with van der Waals surface area (Å²) < 4.78 is 0. The maximum Gasteiger partial charge on any atom is 0.146 e. The van der Waals surface area contributed by atoms with Crippen LogP contribution in [0.2, 0.25) is 0 Å². The molecule has 2 spiro atoms. The van der Waals surface area contributed by atoms with Crippen LogP contribution in [0.1, 0.15) is 22.3 Å². The molecule has 28 aromatic rings. The highest BCUT2D eigenvalue weighted by Gasteiger charge is 2.88. The molecule has 0 aliphatic heterocycles. The Kier molecular flexibility index (Phi) is 1.99. The first-order valence-electron chi connectivity index (χ1n) is 25.4. The van der Waals surface area contributed by atoms with Crippen LogP contribution in [-0.2, 0) is 15.6 Å². The van der Waals surface area contributed by atoms with Crippen molar-refractivity contribution in [1.29, 1.82) is 0 Å². The van der Waals surface area contributed by atoms with Gasteiger partial charge in [-0.25, -0.2) is 0 Å². The molecule has 0 heterocycles. The number of ketones is 1. The fraction of sp³-hybridized carbons (Fsp3) is 0.0448. The van der Waals surface area contributed by atoms with E-state index in [1.807, 2.05) is 0 Å². The second-order valence-electron chi connectivity index (χ2n) is 25.3. The Bertz CT molecular complexity index is 6600. The van der Waals surface area contributed by atoms with E-state index in [2.05, 4.69) is 25.7 Å². The highest BCUT2D eigenvalue weighted by Crippen LogP contribution is 2.92. The van der Waals surface area contributed by atoms with Gasteiger partial charge in [0.15, 0.2) is 0 Å². The van der Waals surface area contributed by atoms with Crippen LogP contribution in [0.5, 0.6) is 0 Å². The second kappa shape index (κ2) is 5.47. The van der Waals surface area contributed by atoms with Gasteiger partial charge in [-0.2, -0.15) is 0 Å². The first-order chi connectivity index (χ1) is 33.9. The first-order valence-corrected chi connectivity index (χ1v) is 25.4. The van der Waals surface area contributed by atoms with E-state index in [9.17, 15) is 0 Å². The van der Waals surface area contributed by atoms with Crippen molar-refractivity contribution in [3.63, 3.8) is 0 Å². The zero-order chi connectivity index (χ0) is 40.0. The first kappa shape index (κ1) is 24.8. The standard InChI is InChI=1S/C67H5O/c68-64(5-3-1-2-4-5)65-66-60-52-44-34-24-16-8-6-7-10-14-12(8)20-28-22(14)32-26-18(10)19-11(7)15-13-9(6)17(16)25-31-21(13)29-23(15)33-27(19)37-36(26)46-40(32)50-42(28)48(38(44)30(20)24)56(60)58(50)62-54(46)55-47(37)41(33)51-43(29)49-39(31)45(35(25)34)53(52)61(66)57(49)59(51)63(55)67(62,65)66/h1-4,65H. The molecule has 6 aliphatic carbocycles. The molecule has 279 valence electrons. The minimum atomic E-state index is -0.438. The maximum absolute atomic E-state index is 16.6. The molecule has 2 fully saturated rings. The molecular formula is C67H5O. The van der Waals surface area contributed by atoms with Gasteiger partial charge in [-0.3, -0.25) is 4.79 Å². The molecule has 0 atom stereocenters. The number of hydrogen-bond acceptors (Lipinski definition) is 1. The molecule has 34 rings (SSSR count). The Labute approximate surface area is 370 Å². The van der Waals surface area contributed by atoms with Gasteiger partial charge in [0.05, 0.1) is 0 Å². The summed E-state index contributed by atoms with van der Waals surface area (Å²) in [6, 6.07) is 0. The van der Waals surface area contributed by atoms with Crippen LogP contribution in [0.3, 0.4) is 0 Å². The Morgan fingerprint density at radius 3 is 0.500 bits per heavy atom. The lowest BCUT2D eigenvalue weighted by molar-refractivity contribution is -0.118. The van der Waals surface area contributed by atoms with Crippen molar-refractivity contribution in [3.05, 3.63) is 53.9 Å². The van der Waals surface area contributed by atoms with Crippen molar-refractivity contribution in [2.45, 2.75) is 10.8 Å². The molecule has 68 heavy (non-hydrogen) atoms. The minimum Gasteiger partial charge on any atom is -0.299 e. The topological polar surface area (TPSA) is 17.1 Å². The quantitative estimate of drug-likeness (QED) is 0.159. The van der Waals surface area contributed by atoms with Gasteiger partial charge in [-0.05, 0) is 339 Å². The van der Waals surface area contributed by atoms with E-state index in [0.717, 1.165) is 5.92 Å². The van der Waals surface area contributed by atoms with E-state index in [-0.39, 0.29) is 5.92 Å². The van der Waals surface area contributed by atoms with Crippen LogP contribution in [0.25, 0.3) is 291 Å². The molecule has 28 aromatic carbocycles. The lowest BCUT2D eigenvalue weighted by Crippen LogP contribution is -2.27. The van der Waals surface area contributed by atoms with Gasteiger partial charge < -0.3 is 0 Å². The zero-order valence-corrected chi connectivity index (χ0v) is 34.3. The third-order valence-electron chi connectivity index (χ3n) is 25.4. The predicted molar refractivity (Wildman–Crippen MR) is 283 cm³/mol. The van der Waals surface area contributed by atoms with Crippen molar-refractivity contribution in [2.75, 3.05) is 0 Å². The Balaban J connectivity index is 1.18. The molecule has 5 radical (unpaired) electrons. The van der Waals surface area contributed by atoms with Gasteiger partial charge in [0.1, 0.15) is 5.78 Å². The number of rotatable bonds is 2. The summed E-state index contributed by atoms with van der Waals surface area (Å²) in [6.45, 7) is 0. The summed E-state index contributed by atoms with van der Waals surface area (Å²) in [5.41, 5.74) is 5.56. The fourth-order valence-electron chi connectivity index (χ4n) is 25.5. The summed E-state index contributed by atoms with van der Waals surface area (Å²) >= 11 is 0. The molecule has 1 heteroatoms. The lowest BCUT2D eigenvalue weighted by atomic mass is 9.68. The number of Topliss-reactive ketones (excluding diaryl/α,β-unsaturated/α-hetero) is 1. The summed E-state index contributed by atoms with van der Waals surface area (Å²) in [5, 5.41) is 87.0. The SMILES string of the molecule is O=C([C]1[CH][CH][CH][CH]1)C1C23c4c5c6c7c8c9c(c%10c%11c2c2c4c4c%12c5c5c6c6c8c8c%13c9c9c%10c%10c%11c%11c2c2c4c4c%12c%12c5c5c6c8c6c8c%13c9c9c%10c%10c%11c2c2c4c4c%12c5c6c5c8c9c%10c2c45)C713. The van der Waals surface area contributed by atoms with E-state index in [1.165, 1.54) is 0 Å². The fourth-order valence-corrected chi connectivity index (χ4v) is 25.5. The molecule has 6 aliphatic rings. The molecule has 1 nitrogen and oxygen atoms in total. The molecule has 0 saturated heterocycles. The third kappa shape index (κ3) is 1.25. The molecule has 0 N–H and O–H groups in total. The normalized spacial score (nSPS) is 25.1. The molecular weight excluding hydrogens is 821 g/mol. The van der Waals surface area contributed by atoms with Crippen LogP contribution in [-0.4, -0.2) is 5.78 Å². The van der Waals surface area contributed by atoms with Crippen molar-refractivity contribution in [2.24, 2.45) is 5.92 Å². The van der Waals surface area contributed by atoms with E-state index < -0.39 is 10.8 Å². The summed E-state index contributed by atoms with van der Waals surface area (Å²) in [4.78, 5) is 16.6. The number of carbonyl (C=O) groups is 1. The van der Waals surface area contributed by atoms with E-state index in [4.69, 9.17) is 0 Å². The van der Waals surface area contributed by atoms with Crippen LogP contribution in [0.4, 0.5) is 0 Å².